The Hall–Kier alpha value is -1.84. The van der Waals surface area contributed by atoms with Gasteiger partial charge in [0.05, 0.1) is 6.20 Å². The van der Waals surface area contributed by atoms with Crippen molar-refractivity contribution in [2.24, 2.45) is 0 Å². The maximum Gasteiger partial charge on any atom is 0.115 e. The molecule has 0 unspecified atom stereocenters. The monoisotopic (exact) mass is 244 g/mol. The third kappa shape index (κ3) is 4.99. The van der Waals surface area contributed by atoms with Gasteiger partial charge in [0.25, 0.3) is 0 Å². The Morgan fingerprint density at radius 2 is 1.39 bits per heavy atom. The molecule has 0 radical (unpaired) electrons. The minimum atomic E-state index is 0.534. The first-order valence-electron chi connectivity index (χ1n) is 6.12. The van der Waals surface area contributed by atoms with E-state index in [2.05, 4.69) is 47.9 Å². The molecule has 0 saturated carbocycles. The summed E-state index contributed by atoms with van der Waals surface area (Å²) in [6.45, 7) is 8.52. The quantitative estimate of drug-likeness (QED) is 0.814. The zero-order valence-corrected chi connectivity index (χ0v) is 11.4. The molecule has 4 heteroatoms. The van der Waals surface area contributed by atoms with Gasteiger partial charge in [0, 0.05) is 18.6 Å². The van der Waals surface area contributed by atoms with Crippen molar-refractivity contribution in [3.63, 3.8) is 0 Å². The minimum absolute atomic E-state index is 0.534. The van der Waals surface area contributed by atoms with E-state index in [0.29, 0.717) is 11.8 Å². The van der Waals surface area contributed by atoms with Crippen LogP contribution in [-0.4, -0.2) is 20.2 Å². The van der Waals surface area contributed by atoms with E-state index in [9.17, 15) is 0 Å². The van der Waals surface area contributed by atoms with Gasteiger partial charge in [-0.2, -0.15) is 10.2 Å². The number of aromatic nitrogens is 4. The van der Waals surface area contributed by atoms with Crippen LogP contribution in [0.3, 0.4) is 0 Å². The molecule has 2 aromatic rings. The lowest BCUT2D eigenvalue weighted by molar-refractivity contribution is 0.841. The standard InChI is InChI=1S/2C7H10N2/c1-6(2)7-3-8-5-9-4-7;1-6(2)7-3-4-8-9-5-7/h2*3-6H,1-2H3. The van der Waals surface area contributed by atoms with Crippen molar-refractivity contribution in [1.82, 2.24) is 20.2 Å². The molecule has 0 amide bonds. The van der Waals surface area contributed by atoms with E-state index in [1.807, 2.05) is 18.5 Å². The average molecular weight is 244 g/mol. The number of hydrogen-bond acceptors (Lipinski definition) is 4. The van der Waals surface area contributed by atoms with E-state index in [1.165, 1.54) is 11.1 Å². The van der Waals surface area contributed by atoms with Gasteiger partial charge >= 0.3 is 0 Å². The Labute approximate surface area is 109 Å². The van der Waals surface area contributed by atoms with Gasteiger partial charge in [-0.1, -0.05) is 27.7 Å². The molecule has 0 aliphatic carbocycles. The molecule has 0 spiro atoms. The van der Waals surface area contributed by atoms with Crippen LogP contribution in [0.1, 0.15) is 50.7 Å². The maximum absolute atomic E-state index is 3.89. The van der Waals surface area contributed by atoms with Gasteiger partial charge in [-0.3, -0.25) is 0 Å². The molecule has 18 heavy (non-hydrogen) atoms. The molecule has 0 N–H and O–H groups in total. The fourth-order valence-corrected chi connectivity index (χ4v) is 1.25. The van der Waals surface area contributed by atoms with E-state index >= 15 is 0 Å². The number of nitrogens with zero attached hydrogens (tertiary/aromatic N) is 4. The van der Waals surface area contributed by atoms with E-state index in [4.69, 9.17) is 0 Å². The Morgan fingerprint density at radius 1 is 0.778 bits per heavy atom. The zero-order chi connectivity index (χ0) is 13.4. The first kappa shape index (κ1) is 14.2. The summed E-state index contributed by atoms with van der Waals surface area (Å²) in [5.74, 6) is 1.09. The van der Waals surface area contributed by atoms with Crippen molar-refractivity contribution in [3.05, 3.63) is 48.3 Å². The first-order chi connectivity index (χ1) is 8.61. The van der Waals surface area contributed by atoms with Crippen molar-refractivity contribution < 1.29 is 0 Å². The van der Waals surface area contributed by atoms with Gasteiger partial charge in [0.1, 0.15) is 6.33 Å². The largest absolute Gasteiger partial charge is 0.245 e. The summed E-state index contributed by atoms with van der Waals surface area (Å²) in [6, 6.07) is 1.98. The summed E-state index contributed by atoms with van der Waals surface area (Å²) in [6.07, 6.45) is 8.75. The predicted molar refractivity (Wildman–Crippen MR) is 72.2 cm³/mol. The summed E-state index contributed by atoms with van der Waals surface area (Å²) < 4.78 is 0. The second kappa shape index (κ2) is 7.48. The summed E-state index contributed by atoms with van der Waals surface area (Å²) in [4.78, 5) is 7.79. The Balaban J connectivity index is 0.000000180. The summed E-state index contributed by atoms with van der Waals surface area (Å²) in [7, 11) is 0. The van der Waals surface area contributed by atoms with Crippen molar-refractivity contribution in [2.75, 3.05) is 0 Å². The summed E-state index contributed by atoms with van der Waals surface area (Å²) in [5, 5.41) is 7.43. The van der Waals surface area contributed by atoms with Crippen LogP contribution in [0.2, 0.25) is 0 Å². The van der Waals surface area contributed by atoms with Crippen LogP contribution >= 0.6 is 0 Å². The van der Waals surface area contributed by atoms with Crippen molar-refractivity contribution >= 4 is 0 Å². The molecule has 0 atom stereocenters. The molecule has 2 heterocycles. The summed E-state index contributed by atoms with van der Waals surface area (Å²) in [5.41, 5.74) is 2.43. The Bertz CT molecular complexity index is 383. The van der Waals surface area contributed by atoms with Crippen molar-refractivity contribution in [3.8, 4) is 0 Å². The maximum atomic E-state index is 3.89. The van der Waals surface area contributed by atoms with E-state index in [1.54, 1.807) is 18.7 Å². The van der Waals surface area contributed by atoms with Gasteiger partial charge < -0.3 is 0 Å². The molecule has 96 valence electrons. The van der Waals surface area contributed by atoms with Crippen LogP contribution in [0.25, 0.3) is 0 Å². The highest BCUT2D eigenvalue weighted by molar-refractivity contribution is 5.09. The van der Waals surface area contributed by atoms with Crippen molar-refractivity contribution in [2.45, 2.75) is 39.5 Å². The predicted octanol–water partition coefficient (Wildman–Crippen LogP) is 3.20. The Kier molecular flexibility index (Phi) is 5.91. The van der Waals surface area contributed by atoms with Gasteiger partial charge in [-0.05, 0) is 29.0 Å². The lowest BCUT2D eigenvalue weighted by Gasteiger charge is -2.00. The highest BCUT2D eigenvalue weighted by atomic mass is 15.1. The van der Waals surface area contributed by atoms with Crippen molar-refractivity contribution in [1.29, 1.82) is 0 Å². The topological polar surface area (TPSA) is 51.6 Å². The van der Waals surface area contributed by atoms with Crippen LogP contribution in [0, 0.1) is 0 Å². The fraction of sp³-hybridized carbons (Fsp3) is 0.429. The molecule has 2 aromatic heterocycles. The number of rotatable bonds is 2. The molecule has 0 bridgehead atoms. The smallest absolute Gasteiger partial charge is 0.115 e. The van der Waals surface area contributed by atoms with E-state index in [0.717, 1.165) is 0 Å². The lowest BCUT2D eigenvalue weighted by Crippen LogP contribution is -1.88. The first-order valence-corrected chi connectivity index (χ1v) is 6.12. The molecule has 0 fully saturated rings. The minimum Gasteiger partial charge on any atom is -0.245 e. The van der Waals surface area contributed by atoms with Crippen LogP contribution in [0.15, 0.2) is 37.2 Å². The molecule has 0 saturated heterocycles. The van der Waals surface area contributed by atoms with Crippen LogP contribution in [0.4, 0.5) is 0 Å². The van der Waals surface area contributed by atoms with Gasteiger partial charge in [-0.25, -0.2) is 9.97 Å². The highest BCUT2D eigenvalue weighted by Crippen LogP contribution is 2.10. The third-order valence-electron chi connectivity index (χ3n) is 2.52. The van der Waals surface area contributed by atoms with Gasteiger partial charge in [0.2, 0.25) is 0 Å². The van der Waals surface area contributed by atoms with Crippen LogP contribution in [-0.2, 0) is 0 Å². The Morgan fingerprint density at radius 3 is 1.72 bits per heavy atom. The molecular weight excluding hydrogens is 224 g/mol. The molecule has 0 aliphatic rings. The third-order valence-corrected chi connectivity index (χ3v) is 2.52. The van der Waals surface area contributed by atoms with Gasteiger partial charge in [0.15, 0.2) is 0 Å². The zero-order valence-electron chi connectivity index (χ0n) is 11.4. The van der Waals surface area contributed by atoms with Gasteiger partial charge in [-0.15, -0.1) is 0 Å². The fourth-order valence-electron chi connectivity index (χ4n) is 1.25. The second-order valence-corrected chi connectivity index (χ2v) is 4.66. The normalized spacial score (nSPS) is 10.1. The van der Waals surface area contributed by atoms with E-state index in [-0.39, 0.29) is 0 Å². The van der Waals surface area contributed by atoms with Crippen LogP contribution in [0.5, 0.6) is 0 Å². The highest BCUT2D eigenvalue weighted by Gasteiger charge is 1.95. The molecule has 0 aliphatic heterocycles. The molecule has 2 rings (SSSR count). The van der Waals surface area contributed by atoms with Crippen LogP contribution < -0.4 is 0 Å². The molecular formula is C14H20N4. The number of hydrogen-bond donors (Lipinski definition) is 0. The average Bonchev–Trinajstić information content (AvgIpc) is 2.41. The van der Waals surface area contributed by atoms with E-state index < -0.39 is 0 Å². The molecule has 4 nitrogen and oxygen atoms in total. The SMILES string of the molecule is CC(C)c1ccnnc1.CC(C)c1cncnc1. The molecule has 0 aromatic carbocycles. The second-order valence-electron chi connectivity index (χ2n) is 4.66. The lowest BCUT2D eigenvalue weighted by atomic mass is 10.1. The summed E-state index contributed by atoms with van der Waals surface area (Å²) >= 11 is 0.